The number of nitrogens with one attached hydrogen (secondary N) is 1. The lowest BCUT2D eigenvalue weighted by molar-refractivity contribution is 0.282. The van der Waals surface area contributed by atoms with E-state index in [1.807, 2.05) is 6.92 Å². The van der Waals surface area contributed by atoms with Crippen LogP contribution < -0.4 is 15.8 Å². The maximum absolute atomic E-state index is 8.75. The molecule has 0 aliphatic carbocycles. The fourth-order valence-electron chi connectivity index (χ4n) is 1.21. The van der Waals surface area contributed by atoms with Gasteiger partial charge in [-0.25, -0.2) is 0 Å². The third-order valence-corrected chi connectivity index (χ3v) is 2.04. The largest absolute Gasteiger partial charge is 0.479 e. The standard InChI is InChI=1S/C10H17N3O2/c1-7(5-6-14)12-9-4-3-8(11)10(13-9)15-2/h3-4,7,14H,5-6,11H2,1-2H3,(H,12,13). The molecule has 1 unspecified atom stereocenters. The van der Waals surface area contributed by atoms with Crippen LogP contribution in [-0.2, 0) is 0 Å². The number of nitrogens with zero attached hydrogens (tertiary/aromatic N) is 1. The monoisotopic (exact) mass is 211 g/mol. The number of methoxy groups -OCH3 is 1. The summed E-state index contributed by atoms with van der Waals surface area (Å²) >= 11 is 0. The summed E-state index contributed by atoms with van der Waals surface area (Å²) in [6.45, 7) is 2.13. The van der Waals surface area contributed by atoms with Crippen LogP contribution in [0, 0.1) is 0 Å². The molecule has 1 aromatic rings. The molecule has 0 radical (unpaired) electrons. The highest BCUT2D eigenvalue weighted by atomic mass is 16.5. The molecule has 1 heterocycles. The lowest BCUT2D eigenvalue weighted by Crippen LogP contribution is -2.17. The Morgan fingerprint density at radius 3 is 2.93 bits per heavy atom. The molecule has 1 rings (SSSR count). The van der Waals surface area contributed by atoms with Crippen molar-refractivity contribution in [2.24, 2.45) is 0 Å². The van der Waals surface area contributed by atoms with Crippen molar-refractivity contribution in [3.8, 4) is 5.88 Å². The van der Waals surface area contributed by atoms with Gasteiger partial charge >= 0.3 is 0 Å². The minimum atomic E-state index is 0.153. The highest BCUT2D eigenvalue weighted by Crippen LogP contribution is 2.20. The van der Waals surface area contributed by atoms with Crippen molar-refractivity contribution < 1.29 is 9.84 Å². The van der Waals surface area contributed by atoms with Crippen LogP contribution >= 0.6 is 0 Å². The number of aliphatic hydroxyl groups excluding tert-OH is 1. The van der Waals surface area contributed by atoms with Crippen molar-refractivity contribution in [1.29, 1.82) is 0 Å². The fourth-order valence-corrected chi connectivity index (χ4v) is 1.21. The first-order valence-corrected chi connectivity index (χ1v) is 4.85. The molecular weight excluding hydrogens is 194 g/mol. The summed E-state index contributed by atoms with van der Waals surface area (Å²) in [4.78, 5) is 4.17. The maximum Gasteiger partial charge on any atom is 0.238 e. The van der Waals surface area contributed by atoms with Crippen LogP contribution in [0.2, 0.25) is 0 Å². The zero-order chi connectivity index (χ0) is 11.3. The van der Waals surface area contributed by atoms with Crippen LogP contribution in [0.25, 0.3) is 0 Å². The normalized spacial score (nSPS) is 12.2. The van der Waals surface area contributed by atoms with Crippen LogP contribution in [0.5, 0.6) is 5.88 Å². The fraction of sp³-hybridized carbons (Fsp3) is 0.500. The predicted octanol–water partition coefficient (Wildman–Crippen LogP) is 0.855. The Bertz CT molecular complexity index is 318. The van der Waals surface area contributed by atoms with Crippen molar-refractivity contribution in [3.05, 3.63) is 12.1 Å². The molecule has 15 heavy (non-hydrogen) atoms. The van der Waals surface area contributed by atoms with Gasteiger partial charge in [-0.2, -0.15) is 4.98 Å². The third-order valence-electron chi connectivity index (χ3n) is 2.04. The van der Waals surface area contributed by atoms with E-state index in [0.29, 0.717) is 23.8 Å². The van der Waals surface area contributed by atoms with E-state index >= 15 is 0 Å². The molecular formula is C10H17N3O2. The molecule has 1 aromatic heterocycles. The lowest BCUT2D eigenvalue weighted by Gasteiger charge is -2.14. The Morgan fingerprint density at radius 2 is 2.33 bits per heavy atom. The van der Waals surface area contributed by atoms with Gasteiger partial charge < -0.3 is 20.9 Å². The minimum Gasteiger partial charge on any atom is -0.479 e. The summed E-state index contributed by atoms with van der Waals surface area (Å²) < 4.78 is 5.00. The number of aliphatic hydroxyl groups is 1. The number of pyridine rings is 1. The van der Waals surface area contributed by atoms with Gasteiger partial charge in [0.15, 0.2) is 0 Å². The molecule has 0 aliphatic rings. The second-order valence-electron chi connectivity index (χ2n) is 3.35. The van der Waals surface area contributed by atoms with Gasteiger partial charge in [-0.1, -0.05) is 0 Å². The second-order valence-corrected chi connectivity index (χ2v) is 3.35. The molecule has 0 fully saturated rings. The molecule has 5 nitrogen and oxygen atoms in total. The molecule has 1 atom stereocenters. The number of rotatable bonds is 5. The van der Waals surface area contributed by atoms with E-state index in [1.54, 1.807) is 12.1 Å². The molecule has 0 bridgehead atoms. The predicted molar refractivity (Wildman–Crippen MR) is 60.0 cm³/mol. The molecule has 0 aromatic carbocycles. The number of nitrogens with two attached hydrogens (primary N) is 1. The van der Waals surface area contributed by atoms with Gasteiger partial charge in [-0.3, -0.25) is 0 Å². The number of ether oxygens (including phenoxy) is 1. The quantitative estimate of drug-likeness (QED) is 0.673. The number of hydrogen-bond acceptors (Lipinski definition) is 5. The van der Waals surface area contributed by atoms with E-state index in [9.17, 15) is 0 Å². The van der Waals surface area contributed by atoms with E-state index in [0.717, 1.165) is 0 Å². The van der Waals surface area contributed by atoms with Crippen LogP contribution in [0.1, 0.15) is 13.3 Å². The number of aromatic nitrogens is 1. The maximum atomic E-state index is 8.75. The van der Waals surface area contributed by atoms with Crippen LogP contribution in [-0.4, -0.2) is 29.8 Å². The van der Waals surface area contributed by atoms with Crippen molar-refractivity contribution in [2.45, 2.75) is 19.4 Å². The van der Waals surface area contributed by atoms with Crippen molar-refractivity contribution in [1.82, 2.24) is 4.98 Å². The van der Waals surface area contributed by atoms with Gasteiger partial charge in [0.1, 0.15) is 5.82 Å². The summed E-state index contributed by atoms with van der Waals surface area (Å²) in [5.41, 5.74) is 6.15. The zero-order valence-corrected chi connectivity index (χ0v) is 9.03. The van der Waals surface area contributed by atoms with Crippen molar-refractivity contribution >= 4 is 11.5 Å². The topological polar surface area (TPSA) is 80.4 Å². The number of nitrogen functional groups attached to an aromatic ring is 1. The van der Waals surface area contributed by atoms with E-state index in [2.05, 4.69) is 10.3 Å². The van der Waals surface area contributed by atoms with E-state index in [4.69, 9.17) is 15.6 Å². The van der Waals surface area contributed by atoms with Gasteiger partial charge in [-0.15, -0.1) is 0 Å². The zero-order valence-electron chi connectivity index (χ0n) is 9.03. The van der Waals surface area contributed by atoms with Crippen LogP contribution in [0.4, 0.5) is 11.5 Å². The lowest BCUT2D eigenvalue weighted by atomic mass is 10.2. The molecule has 4 N–H and O–H groups in total. The second kappa shape index (κ2) is 5.41. The van der Waals surface area contributed by atoms with Gasteiger partial charge in [0.05, 0.1) is 12.8 Å². The molecule has 0 amide bonds. The molecule has 0 saturated heterocycles. The Labute approximate surface area is 89.3 Å². The van der Waals surface area contributed by atoms with Crippen molar-refractivity contribution in [2.75, 3.05) is 24.8 Å². The Morgan fingerprint density at radius 1 is 1.60 bits per heavy atom. The van der Waals surface area contributed by atoms with E-state index in [1.165, 1.54) is 7.11 Å². The first-order chi connectivity index (χ1) is 7.17. The van der Waals surface area contributed by atoms with E-state index < -0.39 is 0 Å². The summed E-state index contributed by atoms with van der Waals surface area (Å²) in [5.74, 6) is 1.11. The minimum absolute atomic E-state index is 0.153. The Hall–Kier alpha value is -1.49. The molecule has 0 saturated carbocycles. The van der Waals surface area contributed by atoms with Gasteiger partial charge in [0, 0.05) is 12.6 Å². The highest BCUT2D eigenvalue weighted by molar-refractivity contribution is 5.53. The van der Waals surface area contributed by atoms with Crippen molar-refractivity contribution in [3.63, 3.8) is 0 Å². The molecule has 0 spiro atoms. The first-order valence-electron chi connectivity index (χ1n) is 4.85. The summed E-state index contributed by atoms with van der Waals surface area (Å²) in [6.07, 6.45) is 0.675. The van der Waals surface area contributed by atoms with Gasteiger partial charge in [-0.05, 0) is 25.5 Å². The number of anilines is 2. The smallest absolute Gasteiger partial charge is 0.238 e. The van der Waals surface area contributed by atoms with Gasteiger partial charge in [0.2, 0.25) is 5.88 Å². The average Bonchev–Trinajstić information content (AvgIpc) is 2.21. The highest BCUT2D eigenvalue weighted by Gasteiger charge is 2.05. The third kappa shape index (κ3) is 3.28. The summed E-state index contributed by atoms with van der Waals surface area (Å²) in [5, 5.41) is 11.9. The average molecular weight is 211 g/mol. The van der Waals surface area contributed by atoms with Gasteiger partial charge in [0.25, 0.3) is 0 Å². The van der Waals surface area contributed by atoms with Crippen LogP contribution in [0.15, 0.2) is 12.1 Å². The van der Waals surface area contributed by atoms with E-state index in [-0.39, 0.29) is 12.6 Å². The Balaban J connectivity index is 2.69. The summed E-state index contributed by atoms with van der Waals surface area (Å²) in [7, 11) is 1.53. The first kappa shape index (κ1) is 11.6. The summed E-state index contributed by atoms with van der Waals surface area (Å²) in [6, 6.07) is 3.68. The molecule has 0 aliphatic heterocycles. The van der Waals surface area contributed by atoms with Crippen LogP contribution in [0.3, 0.4) is 0 Å². The molecule has 84 valence electrons. The Kier molecular flexibility index (Phi) is 4.17. The molecule has 5 heteroatoms. The SMILES string of the molecule is COc1nc(NC(C)CCO)ccc1N. The number of hydrogen-bond donors (Lipinski definition) is 3.